The number of rotatable bonds is 5. The number of nitrogens with two attached hydrogens (primary N) is 2. The lowest BCUT2D eigenvalue weighted by molar-refractivity contribution is 0.0995. The summed E-state index contributed by atoms with van der Waals surface area (Å²) in [6, 6.07) is 8.17. The number of carbonyl (C=O) groups is 2. The summed E-state index contributed by atoms with van der Waals surface area (Å²) in [5, 5.41) is 0. The third-order valence-electron chi connectivity index (χ3n) is 4.57. The zero-order valence-corrected chi connectivity index (χ0v) is 16.0. The molecule has 0 aliphatic heterocycles. The molecular formula is C20H18N8O2. The first kappa shape index (κ1) is 19.0. The topological polar surface area (TPSA) is 157 Å². The van der Waals surface area contributed by atoms with Crippen LogP contribution in [0.5, 0.6) is 0 Å². The van der Waals surface area contributed by atoms with E-state index in [4.69, 9.17) is 11.5 Å². The van der Waals surface area contributed by atoms with Gasteiger partial charge in [0.15, 0.2) is 5.82 Å². The predicted octanol–water partition coefficient (Wildman–Crippen LogP) is 2.09. The van der Waals surface area contributed by atoms with E-state index >= 15 is 0 Å². The predicted molar refractivity (Wildman–Crippen MR) is 111 cm³/mol. The van der Waals surface area contributed by atoms with Gasteiger partial charge in [0.05, 0.1) is 5.52 Å². The molecule has 0 atom stereocenters. The maximum absolute atomic E-state index is 11.8. The number of aromatic amines is 1. The molecule has 3 amide bonds. The van der Waals surface area contributed by atoms with Crippen molar-refractivity contribution in [3.63, 3.8) is 0 Å². The summed E-state index contributed by atoms with van der Waals surface area (Å²) >= 11 is 0. The third kappa shape index (κ3) is 3.41. The summed E-state index contributed by atoms with van der Waals surface area (Å²) in [6.45, 7) is 2.16. The molecule has 0 fully saturated rings. The molecule has 0 radical (unpaired) electrons. The molecule has 30 heavy (non-hydrogen) atoms. The van der Waals surface area contributed by atoms with E-state index in [1.807, 2.05) is 12.1 Å². The number of benzene rings is 1. The number of anilines is 1. The van der Waals surface area contributed by atoms with E-state index in [1.165, 1.54) is 4.90 Å². The van der Waals surface area contributed by atoms with Gasteiger partial charge >= 0.3 is 6.03 Å². The molecule has 0 aliphatic carbocycles. The first-order valence-electron chi connectivity index (χ1n) is 9.12. The highest BCUT2D eigenvalue weighted by Crippen LogP contribution is 2.32. The third-order valence-corrected chi connectivity index (χ3v) is 4.57. The molecule has 10 heteroatoms. The van der Waals surface area contributed by atoms with E-state index in [9.17, 15) is 9.59 Å². The van der Waals surface area contributed by atoms with Gasteiger partial charge in [0, 0.05) is 36.3 Å². The van der Waals surface area contributed by atoms with E-state index in [2.05, 4.69) is 24.9 Å². The van der Waals surface area contributed by atoms with Gasteiger partial charge in [-0.05, 0) is 36.8 Å². The van der Waals surface area contributed by atoms with E-state index in [-0.39, 0.29) is 5.69 Å². The number of urea groups is 1. The standard InChI is InChI=1S/C20H18N8O2/c1-2-28(19(22)30)20-26-15-9-12(11-4-5-14(17(21)29)25-10-11)8-13(16(15)27-20)18-23-6-3-7-24-18/h3-10H,2H2,1H3,(H2,21,29)(H2,22,30)(H,26,27). The number of H-pyrrole nitrogens is 1. The molecule has 3 aromatic heterocycles. The average Bonchev–Trinajstić information content (AvgIpc) is 3.17. The van der Waals surface area contributed by atoms with Gasteiger partial charge < -0.3 is 16.5 Å². The summed E-state index contributed by atoms with van der Waals surface area (Å²) in [5.74, 6) is 0.211. The molecule has 10 nitrogen and oxygen atoms in total. The zero-order valence-electron chi connectivity index (χ0n) is 16.0. The van der Waals surface area contributed by atoms with Gasteiger partial charge in [0.2, 0.25) is 5.95 Å². The molecule has 4 rings (SSSR count). The maximum atomic E-state index is 11.8. The van der Waals surface area contributed by atoms with Crippen LogP contribution in [-0.4, -0.2) is 43.4 Å². The second-order valence-electron chi connectivity index (χ2n) is 6.43. The molecular weight excluding hydrogens is 384 g/mol. The number of hydrogen-bond donors (Lipinski definition) is 3. The van der Waals surface area contributed by atoms with Crippen LogP contribution in [0.3, 0.4) is 0 Å². The summed E-state index contributed by atoms with van der Waals surface area (Å²) in [6.07, 6.45) is 4.84. The van der Waals surface area contributed by atoms with Crippen molar-refractivity contribution in [2.24, 2.45) is 11.5 Å². The SMILES string of the molecule is CCN(C(N)=O)c1nc2c(-c3ncccn3)cc(-c3ccc(C(N)=O)nc3)cc2[nH]1. The van der Waals surface area contributed by atoms with E-state index in [0.29, 0.717) is 34.9 Å². The lowest BCUT2D eigenvalue weighted by atomic mass is 10.0. The Morgan fingerprint density at radius 2 is 1.83 bits per heavy atom. The molecule has 0 saturated carbocycles. The van der Waals surface area contributed by atoms with Crippen molar-refractivity contribution < 1.29 is 9.59 Å². The molecule has 5 N–H and O–H groups in total. The number of imidazole rings is 1. The van der Waals surface area contributed by atoms with Gasteiger partial charge in [-0.1, -0.05) is 6.07 Å². The summed E-state index contributed by atoms with van der Waals surface area (Å²) < 4.78 is 0. The number of amides is 3. The highest BCUT2D eigenvalue weighted by molar-refractivity contribution is 5.98. The Morgan fingerprint density at radius 1 is 1.07 bits per heavy atom. The number of carbonyl (C=O) groups excluding carboxylic acids is 2. The van der Waals surface area contributed by atoms with Crippen molar-refractivity contribution >= 4 is 28.9 Å². The number of aromatic nitrogens is 5. The van der Waals surface area contributed by atoms with Crippen LogP contribution < -0.4 is 16.4 Å². The minimum Gasteiger partial charge on any atom is -0.364 e. The molecule has 1 aromatic carbocycles. The lowest BCUT2D eigenvalue weighted by Gasteiger charge is -2.13. The number of nitrogens with zero attached hydrogens (tertiary/aromatic N) is 5. The van der Waals surface area contributed by atoms with Gasteiger partial charge in [-0.25, -0.2) is 19.7 Å². The summed E-state index contributed by atoms with van der Waals surface area (Å²) in [7, 11) is 0. The van der Waals surface area contributed by atoms with Crippen LogP contribution in [0.25, 0.3) is 33.5 Å². The Bertz CT molecular complexity index is 1240. The second-order valence-corrected chi connectivity index (χ2v) is 6.43. The molecule has 0 saturated heterocycles. The van der Waals surface area contributed by atoms with Crippen molar-refractivity contribution in [3.8, 4) is 22.5 Å². The minimum absolute atomic E-state index is 0.176. The largest absolute Gasteiger partial charge is 0.364 e. The fourth-order valence-corrected chi connectivity index (χ4v) is 3.13. The number of fused-ring (bicyclic) bond motifs is 1. The number of primary amides is 2. The van der Waals surface area contributed by atoms with Gasteiger partial charge in [-0.2, -0.15) is 0 Å². The zero-order chi connectivity index (χ0) is 21.3. The molecule has 0 aliphatic rings. The summed E-state index contributed by atoms with van der Waals surface area (Å²) in [4.78, 5) is 44.9. The van der Waals surface area contributed by atoms with Crippen molar-refractivity contribution in [2.75, 3.05) is 11.4 Å². The first-order chi connectivity index (χ1) is 14.5. The molecule has 0 bridgehead atoms. The average molecular weight is 402 g/mol. The first-order valence-corrected chi connectivity index (χ1v) is 9.12. The second kappa shape index (κ2) is 7.59. The van der Waals surface area contributed by atoms with E-state index in [0.717, 1.165) is 11.1 Å². The normalized spacial score (nSPS) is 10.8. The molecule has 0 unspecified atom stereocenters. The van der Waals surface area contributed by atoms with Crippen LogP contribution in [0.2, 0.25) is 0 Å². The Balaban J connectivity index is 1.92. The Labute approximate surface area is 171 Å². The lowest BCUT2D eigenvalue weighted by Crippen LogP contribution is -2.36. The van der Waals surface area contributed by atoms with Crippen LogP contribution in [0.15, 0.2) is 48.9 Å². The quantitative estimate of drug-likeness (QED) is 0.464. The number of pyridine rings is 1. The Kier molecular flexibility index (Phi) is 4.80. The Morgan fingerprint density at radius 3 is 2.43 bits per heavy atom. The maximum Gasteiger partial charge on any atom is 0.321 e. The molecule has 3 heterocycles. The van der Waals surface area contributed by atoms with Gasteiger partial charge in [-0.15, -0.1) is 0 Å². The highest BCUT2D eigenvalue weighted by atomic mass is 16.2. The highest BCUT2D eigenvalue weighted by Gasteiger charge is 2.19. The van der Waals surface area contributed by atoms with Gasteiger partial charge in [0.25, 0.3) is 5.91 Å². The van der Waals surface area contributed by atoms with Crippen LogP contribution in [0, 0.1) is 0 Å². The molecule has 4 aromatic rings. The molecule has 150 valence electrons. The van der Waals surface area contributed by atoms with Crippen LogP contribution >= 0.6 is 0 Å². The fraction of sp³-hybridized carbons (Fsp3) is 0.100. The number of nitrogens with one attached hydrogen (secondary N) is 1. The minimum atomic E-state index is -0.611. The van der Waals surface area contributed by atoms with Crippen molar-refractivity contribution in [1.29, 1.82) is 0 Å². The van der Waals surface area contributed by atoms with Crippen LogP contribution in [0.4, 0.5) is 10.7 Å². The van der Waals surface area contributed by atoms with Gasteiger partial charge in [-0.3, -0.25) is 14.7 Å². The van der Waals surface area contributed by atoms with Crippen molar-refractivity contribution in [3.05, 3.63) is 54.6 Å². The Hall–Kier alpha value is -4.34. The summed E-state index contributed by atoms with van der Waals surface area (Å²) in [5.41, 5.74) is 14.4. The number of hydrogen-bond acceptors (Lipinski definition) is 6. The van der Waals surface area contributed by atoms with E-state index < -0.39 is 11.9 Å². The van der Waals surface area contributed by atoms with Crippen molar-refractivity contribution in [1.82, 2.24) is 24.9 Å². The van der Waals surface area contributed by atoms with E-state index in [1.54, 1.807) is 43.7 Å². The smallest absolute Gasteiger partial charge is 0.321 e. The van der Waals surface area contributed by atoms with Gasteiger partial charge in [0.1, 0.15) is 11.2 Å². The fourth-order valence-electron chi connectivity index (χ4n) is 3.13. The monoisotopic (exact) mass is 402 g/mol. The van der Waals surface area contributed by atoms with Crippen LogP contribution in [0.1, 0.15) is 17.4 Å². The molecule has 0 spiro atoms. The van der Waals surface area contributed by atoms with Crippen LogP contribution in [-0.2, 0) is 0 Å². The van der Waals surface area contributed by atoms with Crippen molar-refractivity contribution in [2.45, 2.75) is 6.92 Å².